The third-order valence-electron chi connectivity index (χ3n) is 8.62. The first-order valence-corrected chi connectivity index (χ1v) is 19.5. The van der Waals surface area contributed by atoms with E-state index < -0.39 is 9.84 Å². The zero-order valence-corrected chi connectivity index (χ0v) is 34.8. The molecule has 0 fully saturated rings. The molecule has 0 N–H and O–H groups in total. The molecule has 0 atom stereocenters. The van der Waals surface area contributed by atoms with E-state index in [0.717, 1.165) is 0 Å². The van der Waals surface area contributed by atoms with Gasteiger partial charge in [-0.25, -0.2) is 8.42 Å². The number of rotatable bonds is 6. The summed E-state index contributed by atoms with van der Waals surface area (Å²) in [5.41, 5.74) is 3.04. The Balaban J connectivity index is 1.67. The van der Waals surface area contributed by atoms with Crippen LogP contribution < -0.4 is 0 Å². The van der Waals surface area contributed by atoms with Crippen molar-refractivity contribution in [1.82, 2.24) is 0 Å². The maximum absolute atomic E-state index is 14.0. The van der Waals surface area contributed by atoms with Crippen LogP contribution in [0.15, 0.2) is 137 Å². The number of benzene rings is 2. The summed E-state index contributed by atoms with van der Waals surface area (Å²) in [4.78, 5) is 26.1. The van der Waals surface area contributed by atoms with Gasteiger partial charge in [-0.3, -0.25) is 9.59 Å². The van der Waals surface area contributed by atoms with E-state index in [-0.39, 0.29) is 64.4 Å². The van der Waals surface area contributed by atoms with E-state index in [1.807, 2.05) is 107 Å². The van der Waals surface area contributed by atoms with Gasteiger partial charge < -0.3 is 0 Å². The minimum Gasteiger partial charge on any atom is -0.289 e. The van der Waals surface area contributed by atoms with Crippen molar-refractivity contribution >= 4 is 56.0 Å². The molecule has 0 saturated carbocycles. The van der Waals surface area contributed by atoms with Crippen LogP contribution in [0.4, 0.5) is 11.4 Å². The van der Waals surface area contributed by atoms with Gasteiger partial charge in [0.1, 0.15) is 0 Å². The summed E-state index contributed by atoms with van der Waals surface area (Å²) in [6, 6.07) is 8.63. The smallest absolute Gasteiger partial charge is 0.209 e. The van der Waals surface area contributed by atoms with Crippen molar-refractivity contribution in [3.05, 3.63) is 117 Å². The summed E-state index contributed by atoms with van der Waals surface area (Å²) in [5.74, 6) is 0.0157. The van der Waals surface area contributed by atoms with E-state index in [4.69, 9.17) is 23.2 Å². The molecule has 4 rings (SSSR count). The van der Waals surface area contributed by atoms with Crippen molar-refractivity contribution < 1.29 is 18.0 Å². The molecule has 0 bridgehead atoms. The summed E-state index contributed by atoms with van der Waals surface area (Å²) < 4.78 is 27.9. The molecule has 0 heterocycles. The van der Waals surface area contributed by atoms with Gasteiger partial charge in [-0.2, -0.15) is 20.5 Å². The molecular formula is C42H48Cl2N4O4S. The zero-order valence-electron chi connectivity index (χ0n) is 32.5. The Morgan fingerprint density at radius 1 is 0.509 bits per heavy atom. The van der Waals surface area contributed by atoms with Crippen LogP contribution in [-0.4, -0.2) is 20.0 Å². The number of halogens is 2. The average molecular weight is 776 g/mol. The quantitative estimate of drug-likeness (QED) is 0.271. The Bertz CT molecular complexity index is 2000. The number of Topliss-reactive ketones (excluding diaryl/α,β-unsaturated/α-hetero) is 2. The summed E-state index contributed by atoms with van der Waals surface area (Å²) in [6.45, 7) is 23.8. The Kier molecular flexibility index (Phi) is 11.8. The predicted octanol–water partition coefficient (Wildman–Crippen LogP) is 12.8. The first-order valence-electron chi connectivity index (χ1n) is 17.3. The summed E-state index contributed by atoms with van der Waals surface area (Å²) in [5, 5.41) is 16.9. The molecule has 2 aromatic carbocycles. The molecule has 2 aromatic rings. The standard InChI is InChI=1S/C42H48Cl2N4O4S/c1-39(2,3)29-17-25(18-30(37(29)49)40(4,5)6)23-45-47-27-13-15-33(43)35(21-27)53(51,52)36-22-28(14-16-34(36)44)48-46-24-26-19-31(41(7,8)9)38(50)32(20-26)42(10,11)12/h13-24H,1-12H3. The van der Waals surface area contributed by atoms with Gasteiger partial charge in [0.05, 0.1) is 43.6 Å². The lowest BCUT2D eigenvalue weighted by Gasteiger charge is -2.31. The van der Waals surface area contributed by atoms with Gasteiger partial charge in [0, 0.05) is 22.3 Å². The predicted molar refractivity (Wildman–Crippen MR) is 214 cm³/mol. The molecule has 11 heteroatoms. The van der Waals surface area contributed by atoms with Crippen LogP contribution in [0.1, 0.15) is 83.1 Å². The highest BCUT2D eigenvalue weighted by Crippen LogP contribution is 2.41. The van der Waals surface area contributed by atoms with Crippen molar-refractivity contribution in [1.29, 1.82) is 0 Å². The van der Waals surface area contributed by atoms with Crippen LogP contribution >= 0.6 is 23.2 Å². The summed E-state index contributed by atoms with van der Waals surface area (Å²) >= 11 is 12.9. The Morgan fingerprint density at radius 3 is 1.06 bits per heavy atom. The van der Waals surface area contributed by atoms with Crippen molar-refractivity contribution in [3.63, 3.8) is 0 Å². The first-order chi connectivity index (χ1) is 24.2. The lowest BCUT2D eigenvalue weighted by molar-refractivity contribution is -0.114. The molecule has 0 unspecified atom stereocenters. The van der Waals surface area contributed by atoms with Gasteiger partial charge in [0.15, 0.2) is 11.6 Å². The topological polar surface area (TPSA) is 118 Å². The van der Waals surface area contributed by atoms with Gasteiger partial charge in [-0.1, -0.05) is 106 Å². The number of nitrogens with zero attached hydrogens (tertiary/aromatic N) is 4. The Labute approximate surface area is 324 Å². The SMILES string of the molecule is CC(C)(C)C1=CC(=CN=Nc2ccc(Cl)c(S(=O)(=O)c3cc(N=NC=C4C=C(C(C)(C)C)C(=O)C(C(C)(C)C)=C4)ccc3Cl)c2)C=C(C(C)(C)C)C1=O. The summed E-state index contributed by atoms with van der Waals surface area (Å²) in [6.07, 6.45) is 10.3. The highest BCUT2D eigenvalue weighted by atomic mass is 35.5. The lowest BCUT2D eigenvalue weighted by Crippen LogP contribution is -2.27. The molecule has 0 aliphatic heterocycles. The molecule has 8 nitrogen and oxygen atoms in total. The highest BCUT2D eigenvalue weighted by Gasteiger charge is 2.35. The summed E-state index contributed by atoms with van der Waals surface area (Å²) in [7, 11) is -4.25. The number of sulfone groups is 1. The van der Waals surface area contributed by atoms with Crippen molar-refractivity contribution in [2.24, 2.45) is 42.1 Å². The van der Waals surface area contributed by atoms with E-state index in [1.165, 1.54) is 36.7 Å². The minimum atomic E-state index is -4.25. The molecule has 0 amide bonds. The van der Waals surface area contributed by atoms with Crippen LogP contribution in [0.2, 0.25) is 10.0 Å². The normalized spacial score (nSPS) is 16.6. The second-order valence-electron chi connectivity index (χ2n) is 17.3. The van der Waals surface area contributed by atoms with E-state index in [0.29, 0.717) is 33.4 Å². The van der Waals surface area contributed by atoms with Gasteiger partial charge >= 0.3 is 0 Å². The maximum Gasteiger partial charge on any atom is 0.209 e. The highest BCUT2D eigenvalue weighted by molar-refractivity contribution is 7.91. The largest absolute Gasteiger partial charge is 0.289 e. The van der Waals surface area contributed by atoms with Crippen LogP contribution in [0.25, 0.3) is 0 Å². The van der Waals surface area contributed by atoms with E-state index in [1.54, 1.807) is 12.1 Å². The number of azo groups is 2. The third kappa shape index (κ3) is 9.74. The number of carbonyl (C=O) groups excluding carboxylic acids is 2. The van der Waals surface area contributed by atoms with E-state index in [9.17, 15) is 18.0 Å². The van der Waals surface area contributed by atoms with Crippen LogP contribution in [0.3, 0.4) is 0 Å². The van der Waals surface area contributed by atoms with E-state index >= 15 is 0 Å². The van der Waals surface area contributed by atoms with Gasteiger partial charge in [-0.05, 0) is 93.5 Å². The monoisotopic (exact) mass is 774 g/mol. The third-order valence-corrected chi connectivity index (χ3v) is 11.3. The van der Waals surface area contributed by atoms with Gasteiger partial charge in [-0.15, -0.1) is 0 Å². The minimum absolute atomic E-state index is 0.00783. The first kappa shape index (κ1) is 41.7. The molecule has 280 valence electrons. The molecule has 0 spiro atoms. The molecule has 2 aliphatic carbocycles. The fourth-order valence-electron chi connectivity index (χ4n) is 5.64. The number of hydrogen-bond acceptors (Lipinski definition) is 8. The van der Waals surface area contributed by atoms with Crippen LogP contribution in [-0.2, 0) is 19.4 Å². The maximum atomic E-state index is 14.0. The molecule has 0 saturated heterocycles. The fourth-order valence-corrected chi connectivity index (χ4v) is 7.93. The number of ketones is 2. The molecule has 0 radical (unpaired) electrons. The fraction of sp³-hybridized carbons (Fsp3) is 0.381. The molecule has 0 aromatic heterocycles. The average Bonchev–Trinajstić information content (AvgIpc) is 3.01. The number of hydrogen-bond donors (Lipinski definition) is 0. The molecule has 53 heavy (non-hydrogen) atoms. The van der Waals surface area contributed by atoms with E-state index in [2.05, 4.69) is 20.5 Å². The van der Waals surface area contributed by atoms with Crippen molar-refractivity contribution in [3.8, 4) is 0 Å². The van der Waals surface area contributed by atoms with Crippen LogP contribution in [0.5, 0.6) is 0 Å². The van der Waals surface area contributed by atoms with Crippen molar-refractivity contribution in [2.45, 2.75) is 92.9 Å². The molecule has 2 aliphatic rings. The Hall–Kier alpha value is -4.05. The lowest BCUT2D eigenvalue weighted by atomic mass is 9.72. The van der Waals surface area contributed by atoms with Crippen LogP contribution in [0, 0.1) is 21.7 Å². The van der Waals surface area contributed by atoms with Gasteiger partial charge in [0.25, 0.3) is 0 Å². The number of allylic oxidation sites excluding steroid dienone is 10. The molecular weight excluding hydrogens is 727 g/mol. The number of carbonyl (C=O) groups is 2. The van der Waals surface area contributed by atoms with Crippen molar-refractivity contribution in [2.75, 3.05) is 0 Å². The Morgan fingerprint density at radius 2 is 0.792 bits per heavy atom. The van der Waals surface area contributed by atoms with Gasteiger partial charge in [0.2, 0.25) is 9.84 Å². The zero-order chi connectivity index (χ0) is 39.9. The second kappa shape index (κ2) is 15.0. The second-order valence-corrected chi connectivity index (χ2v) is 20.0.